The Morgan fingerprint density at radius 3 is 1.54 bits per heavy atom. The summed E-state index contributed by atoms with van der Waals surface area (Å²) in [6.07, 6.45) is -41.5. The first-order valence-electron chi connectivity index (χ1n) is 32.0. The van der Waals surface area contributed by atoms with Crippen molar-refractivity contribution in [1.82, 2.24) is 0 Å². The van der Waals surface area contributed by atoms with Gasteiger partial charge in [-0.3, -0.25) is 0 Å². The van der Waals surface area contributed by atoms with Gasteiger partial charge in [-0.1, -0.05) is 52.7 Å². The number of fused-ring (bicyclic) bond motifs is 6. The zero-order valence-corrected chi connectivity index (χ0v) is 52.5. The van der Waals surface area contributed by atoms with Crippen LogP contribution >= 0.6 is 0 Å². The third kappa shape index (κ3) is 11.8. The zero-order chi connectivity index (χ0) is 65.9. The smallest absolute Gasteiger partial charge is 0.187 e. The molecule has 29 heteroatoms. The predicted octanol–water partition coefficient (Wildman–Crippen LogP) is -5.00. The number of aliphatic hydroxyl groups excluding tert-OH is 18. The molecule has 0 unspecified atom stereocenters. The Kier molecular flexibility index (Phi) is 21.2. The maximum Gasteiger partial charge on any atom is 0.187 e. The summed E-state index contributed by atoms with van der Waals surface area (Å²) in [5.74, 6) is -0.345. The van der Waals surface area contributed by atoms with Gasteiger partial charge >= 0.3 is 0 Å². The lowest BCUT2D eigenvalue weighted by Gasteiger charge is -2.72. The second-order valence-electron chi connectivity index (χ2n) is 29.4. The lowest BCUT2D eigenvalue weighted by atomic mass is 9.33. The van der Waals surface area contributed by atoms with Crippen molar-refractivity contribution < 1.29 is 144 Å². The summed E-state index contributed by atoms with van der Waals surface area (Å²) in [6, 6.07) is 0. The minimum Gasteiger partial charge on any atom is -0.396 e. The van der Waals surface area contributed by atoms with Crippen LogP contribution in [0.4, 0.5) is 0 Å². The van der Waals surface area contributed by atoms with Crippen LogP contribution in [0, 0.1) is 44.3 Å². The number of hydrogen-bond acceptors (Lipinski definition) is 29. The van der Waals surface area contributed by atoms with Gasteiger partial charge in [-0.05, 0) is 98.2 Å². The van der Waals surface area contributed by atoms with Crippen LogP contribution < -0.4 is 0 Å². The van der Waals surface area contributed by atoms with Crippen molar-refractivity contribution in [2.45, 2.75) is 278 Å². The number of rotatable bonds is 17. The molecule has 0 aromatic carbocycles. The monoisotopic (exact) mass is 1300 g/mol. The molecule has 18 N–H and O–H groups in total. The minimum atomic E-state index is -2.11. The zero-order valence-electron chi connectivity index (χ0n) is 52.5. The fraction of sp³-hybridized carbons (Fsp3) is 0.967. The third-order valence-corrected chi connectivity index (χ3v) is 23.9. The quantitative estimate of drug-likeness (QED) is 0.0479. The Labute approximate surface area is 522 Å². The third-order valence-electron chi connectivity index (χ3n) is 23.9. The van der Waals surface area contributed by atoms with E-state index in [0.717, 1.165) is 18.4 Å². The van der Waals surface area contributed by atoms with Crippen molar-refractivity contribution in [2.75, 3.05) is 46.8 Å². The molecule has 5 saturated heterocycles. The van der Waals surface area contributed by atoms with Crippen LogP contribution in [-0.2, 0) is 52.1 Å². The van der Waals surface area contributed by atoms with E-state index >= 15 is 0 Å². The van der Waals surface area contributed by atoms with Crippen LogP contribution in [0.3, 0.4) is 0 Å². The summed E-state index contributed by atoms with van der Waals surface area (Å²) in [5, 5.41) is 199. The van der Waals surface area contributed by atoms with Gasteiger partial charge in [0, 0.05) is 17.9 Å². The molecule has 90 heavy (non-hydrogen) atoms. The van der Waals surface area contributed by atoms with E-state index in [2.05, 4.69) is 34.6 Å². The van der Waals surface area contributed by atoms with Crippen molar-refractivity contribution in [3.63, 3.8) is 0 Å². The summed E-state index contributed by atoms with van der Waals surface area (Å²) >= 11 is 0. The summed E-state index contributed by atoms with van der Waals surface area (Å²) in [7, 11) is 1.73. The summed E-state index contributed by atoms with van der Waals surface area (Å²) in [6.45, 7) is 10.8. The molecule has 0 spiro atoms. The van der Waals surface area contributed by atoms with Crippen LogP contribution in [0.25, 0.3) is 0 Å². The van der Waals surface area contributed by atoms with Gasteiger partial charge in [-0.25, -0.2) is 0 Å². The second-order valence-corrected chi connectivity index (χ2v) is 29.4. The Hall–Kier alpha value is -1.42. The Morgan fingerprint density at radius 2 is 1.00 bits per heavy atom. The van der Waals surface area contributed by atoms with Gasteiger partial charge in [0.1, 0.15) is 116 Å². The lowest BCUT2D eigenvalue weighted by molar-refractivity contribution is -0.400. The Morgan fingerprint density at radius 1 is 0.478 bits per heavy atom. The maximum absolute atomic E-state index is 12.3. The van der Waals surface area contributed by atoms with Crippen molar-refractivity contribution in [3.05, 3.63) is 11.1 Å². The van der Waals surface area contributed by atoms with Crippen LogP contribution in [0.15, 0.2) is 11.1 Å². The summed E-state index contributed by atoms with van der Waals surface area (Å²) < 4.78 is 67.3. The highest BCUT2D eigenvalue weighted by Crippen LogP contribution is 2.76. The number of ether oxygens (including phenoxy) is 11. The van der Waals surface area contributed by atoms with Crippen molar-refractivity contribution in [2.24, 2.45) is 44.3 Å². The molecule has 9 fully saturated rings. The fourth-order valence-electron chi connectivity index (χ4n) is 18.3. The largest absolute Gasteiger partial charge is 0.396 e. The SMILES string of the molecule is CO[C@@H]1CC2=C3CC(C)(C)CC[C@]3(CO)[C@@H](O)C[C@@]2(C)[C@]2(C)CC[C@H]3[C@](C)(CO)[C@@H](O[C@@H]4O[C@H](C)[C@H](O)[C@H](O[C@@H]5O[C@H](CO[C@H]6O[C@H](CO)[C@@H](O[C@H]7O[C@H](CO)[C@@H](O)[C@H](O)[C@H]7O)[C@H](O)[C@H]6O)[C@@H](O)[C@H](O)[C@H]5O)[C@H]4O[C@H]4O[C@H](CO)[C@@H](O)[C@H](O)[C@H]4O)CC[C@]3(C)[C@@H]12. The molecule has 10 rings (SSSR count). The van der Waals surface area contributed by atoms with Gasteiger partial charge in [0.05, 0.1) is 64.1 Å². The van der Waals surface area contributed by atoms with Gasteiger partial charge in [-0.2, -0.15) is 0 Å². The van der Waals surface area contributed by atoms with Gasteiger partial charge < -0.3 is 144 Å². The molecule has 0 aromatic rings. The Bertz CT molecular complexity index is 2460. The average Bonchev–Trinajstić information content (AvgIpc) is 0.670. The molecular formula is C61H102O29. The van der Waals surface area contributed by atoms with E-state index in [1.165, 1.54) is 12.5 Å². The van der Waals surface area contributed by atoms with Crippen molar-refractivity contribution in [1.29, 1.82) is 0 Å². The lowest BCUT2D eigenvalue weighted by Crippen LogP contribution is -2.70. The molecule has 35 atom stereocenters. The van der Waals surface area contributed by atoms with Crippen LogP contribution in [0.1, 0.15) is 106 Å². The second kappa shape index (κ2) is 26.8. The molecule has 5 aliphatic carbocycles. The molecule has 0 radical (unpaired) electrons. The molecule has 0 amide bonds. The van der Waals surface area contributed by atoms with Crippen LogP contribution in [0.5, 0.6) is 0 Å². The van der Waals surface area contributed by atoms with E-state index in [0.29, 0.717) is 44.9 Å². The maximum atomic E-state index is 12.3. The van der Waals surface area contributed by atoms with Crippen LogP contribution in [-0.4, -0.2) is 311 Å². The van der Waals surface area contributed by atoms with E-state index in [-0.39, 0.29) is 36.6 Å². The predicted molar refractivity (Wildman–Crippen MR) is 303 cm³/mol. The number of methoxy groups -OCH3 is 1. The topological polar surface area (TPSA) is 466 Å². The number of aliphatic hydroxyl groups is 18. The molecule has 4 saturated carbocycles. The summed E-state index contributed by atoms with van der Waals surface area (Å²) in [5.41, 5.74) is -0.842. The van der Waals surface area contributed by atoms with Gasteiger partial charge in [0.25, 0.3) is 0 Å². The van der Waals surface area contributed by atoms with E-state index in [1.807, 2.05) is 6.92 Å². The molecule has 0 bridgehead atoms. The highest BCUT2D eigenvalue weighted by Gasteiger charge is 2.72. The number of hydrogen-bond donors (Lipinski definition) is 18. The van der Waals surface area contributed by atoms with Gasteiger partial charge in [-0.15, -0.1) is 0 Å². The molecular weight excluding hydrogens is 1200 g/mol. The van der Waals surface area contributed by atoms with E-state index in [1.54, 1.807) is 7.11 Å². The minimum absolute atomic E-state index is 0.0433. The molecule has 520 valence electrons. The molecule has 0 aromatic heterocycles. The fourth-order valence-corrected chi connectivity index (χ4v) is 18.3. The van der Waals surface area contributed by atoms with Crippen LogP contribution in [0.2, 0.25) is 0 Å². The van der Waals surface area contributed by atoms with Crippen molar-refractivity contribution >= 4 is 0 Å². The molecule has 5 heterocycles. The highest BCUT2D eigenvalue weighted by molar-refractivity contribution is 5.41. The first-order valence-corrected chi connectivity index (χ1v) is 32.0. The van der Waals surface area contributed by atoms with E-state index in [9.17, 15) is 91.9 Å². The first kappa shape index (κ1) is 71.4. The molecule has 5 aliphatic heterocycles. The Balaban J connectivity index is 0.903. The van der Waals surface area contributed by atoms with Gasteiger partial charge in [0.15, 0.2) is 31.5 Å². The molecule has 29 nitrogen and oxygen atoms in total. The normalized spacial score (nSPS) is 54.7. The highest BCUT2D eigenvalue weighted by atomic mass is 16.8. The average molecular weight is 1300 g/mol. The standard InChI is InChI=1S/C61H102O29/c1-24-35(68)48(89-54-45(78)41(74)38(71)31(86-54)21-81-51-46(79)42(75)47(30(20-64)85-51)88-52-43(76)39(72)36(69)28(18-62)83-52)49(90-53-44(77)40(73)37(70)29(19-63)84-53)55(82-24)87-34-10-11-57(4)32(58(34,5)22-65)9-12-59(6)50(57)27(80-8)15-25-26-16-56(2,3)13-14-61(26,23-66)33(67)17-60(25,59)7/h24,27-55,62-79H,9-23H2,1-8H3/t24-,27-,28-,29-,30-,31-,32-,33+,34+,35+,36-,37-,38-,39+,40+,41+,42-,43-,44-,45-,46-,47-,48+,49-,50-,51+,52-,53-,54+,55+,57+,58+,59-,60-,61-/m1/s1. The van der Waals surface area contributed by atoms with E-state index < -0.39 is 219 Å². The van der Waals surface area contributed by atoms with E-state index in [4.69, 9.17) is 52.1 Å². The first-order chi connectivity index (χ1) is 42.3. The van der Waals surface area contributed by atoms with Gasteiger partial charge in [0.2, 0.25) is 0 Å². The summed E-state index contributed by atoms with van der Waals surface area (Å²) in [4.78, 5) is 0. The van der Waals surface area contributed by atoms with Crippen molar-refractivity contribution in [3.8, 4) is 0 Å². The molecule has 10 aliphatic rings.